The number of methoxy groups -OCH3 is 1. The molecule has 0 fully saturated rings. The summed E-state index contributed by atoms with van der Waals surface area (Å²) in [6.07, 6.45) is -0.702. The Bertz CT molecular complexity index is 307. The Morgan fingerprint density at radius 2 is 2.24 bits per heavy atom. The van der Waals surface area contributed by atoms with Crippen molar-refractivity contribution >= 4 is 0 Å². The molecule has 0 spiro atoms. The van der Waals surface area contributed by atoms with E-state index in [-0.39, 0.29) is 6.61 Å². The molecule has 1 rings (SSSR count). The van der Waals surface area contributed by atoms with Gasteiger partial charge in [-0.05, 0) is 5.56 Å². The monoisotopic (exact) mass is 246 g/mol. The summed E-state index contributed by atoms with van der Waals surface area (Å²) >= 11 is 0. The molecule has 1 aromatic rings. The van der Waals surface area contributed by atoms with E-state index in [0.717, 1.165) is 5.56 Å². The molecule has 0 amide bonds. The Kier molecular flexibility index (Phi) is 6.42. The second kappa shape index (κ2) is 7.92. The van der Waals surface area contributed by atoms with Gasteiger partial charge in [0.15, 0.2) is 0 Å². The summed E-state index contributed by atoms with van der Waals surface area (Å²) < 4.78 is 33.1. The van der Waals surface area contributed by atoms with Crippen molar-refractivity contribution in [3.05, 3.63) is 23.9 Å². The van der Waals surface area contributed by atoms with E-state index in [1.807, 2.05) is 6.07 Å². The molecule has 17 heavy (non-hydrogen) atoms. The number of ether oxygens (including phenoxy) is 2. The summed E-state index contributed by atoms with van der Waals surface area (Å²) in [4.78, 5) is 4.04. The molecule has 0 bridgehead atoms. The van der Waals surface area contributed by atoms with Crippen LogP contribution in [-0.2, 0) is 11.3 Å². The third-order valence-corrected chi connectivity index (χ3v) is 2.00. The molecule has 0 saturated carbocycles. The van der Waals surface area contributed by atoms with E-state index >= 15 is 0 Å². The van der Waals surface area contributed by atoms with Crippen LogP contribution in [0.1, 0.15) is 5.56 Å². The van der Waals surface area contributed by atoms with E-state index in [0.29, 0.717) is 19.0 Å². The van der Waals surface area contributed by atoms with Crippen LogP contribution in [0, 0.1) is 0 Å². The van der Waals surface area contributed by atoms with Crippen molar-refractivity contribution in [2.45, 2.75) is 13.0 Å². The van der Waals surface area contributed by atoms with Gasteiger partial charge in [-0.25, -0.2) is 13.8 Å². The van der Waals surface area contributed by atoms with Gasteiger partial charge in [-0.3, -0.25) is 0 Å². The first kappa shape index (κ1) is 13.8. The molecule has 0 aliphatic heterocycles. The number of aromatic nitrogens is 1. The number of hydrogen-bond donors (Lipinski definition) is 1. The summed E-state index contributed by atoms with van der Waals surface area (Å²) in [5.74, 6) is 0.564. The first-order valence-electron chi connectivity index (χ1n) is 5.28. The summed E-state index contributed by atoms with van der Waals surface area (Å²) in [7, 11) is 1.56. The summed E-state index contributed by atoms with van der Waals surface area (Å²) in [6, 6.07) is 3.66. The van der Waals surface area contributed by atoms with Crippen LogP contribution in [0.15, 0.2) is 18.3 Å². The van der Waals surface area contributed by atoms with Gasteiger partial charge in [-0.15, -0.1) is 0 Å². The fourth-order valence-corrected chi connectivity index (χ4v) is 1.19. The summed E-state index contributed by atoms with van der Waals surface area (Å²) in [6.45, 7) is 0.910. The van der Waals surface area contributed by atoms with Crippen LogP contribution in [0.4, 0.5) is 8.78 Å². The van der Waals surface area contributed by atoms with E-state index in [1.165, 1.54) is 0 Å². The van der Waals surface area contributed by atoms with Crippen molar-refractivity contribution in [1.29, 1.82) is 0 Å². The van der Waals surface area contributed by atoms with Crippen LogP contribution >= 0.6 is 0 Å². The lowest BCUT2D eigenvalue weighted by molar-refractivity contribution is 0.0187. The molecule has 1 aromatic heterocycles. The maximum atomic E-state index is 11.7. The lowest BCUT2D eigenvalue weighted by Crippen LogP contribution is -2.20. The third kappa shape index (κ3) is 6.13. The largest absolute Gasteiger partial charge is 0.481 e. The SMILES string of the molecule is COc1ccc(CNCCOCC(F)F)cn1. The van der Waals surface area contributed by atoms with Gasteiger partial charge in [-0.2, -0.15) is 0 Å². The number of hydrogen-bond acceptors (Lipinski definition) is 4. The second-order valence-corrected chi connectivity index (χ2v) is 3.35. The Morgan fingerprint density at radius 1 is 1.41 bits per heavy atom. The predicted octanol–water partition coefficient (Wildman–Crippen LogP) is 1.46. The van der Waals surface area contributed by atoms with E-state index in [2.05, 4.69) is 10.3 Å². The van der Waals surface area contributed by atoms with Crippen molar-refractivity contribution < 1.29 is 18.3 Å². The Balaban J connectivity index is 2.09. The number of rotatable bonds is 8. The number of nitrogens with one attached hydrogen (secondary N) is 1. The maximum absolute atomic E-state index is 11.7. The Morgan fingerprint density at radius 3 is 2.82 bits per heavy atom. The number of alkyl halides is 2. The van der Waals surface area contributed by atoms with Crippen molar-refractivity contribution in [3.8, 4) is 5.88 Å². The maximum Gasteiger partial charge on any atom is 0.261 e. The van der Waals surface area contributed by atoms with Gasteiger partial charge in [0.25, 0.3) is 6.43 Å². The average Bonchev–Trinajstić information content (AvgIpc) is 2.34. The molecule has 96 valence electrons. The lowest BCUT2D eigenvalue weighted by atomic mass is 10.3. The van der Waals surface area contributed by atoms with Crippen LogP contribution < -0.4 is 10.1 Å². The quantitative estimate of drug-likeness (QED) is 0.705. The molecule has 1 N–H and O–H groups in total. The zero-order chi connectivity index (χ0) is 12.5. The van der Waals surface area contributed by atoms with E-state index < -0.39 is 13.0 Å². The molecule has 0 aliphatic carbocycles. The van der Waals surface area contributed by atoms with Gasteiger partial charge in [0.2, 0.25) is 5.88 Å². The summed E-state index contributed by atoms with van der Waals surface area (Å²) in [5.41, 5.74) is 1.000. The van der Waals surface area contributed by atoms with Crippen LogP contribution in [0.3, 0.4) is 0 Å². The fourth-order valence-electron chi connectivity index (χ4n) is 1.19. The smallest absolute Gasteiger partial charge is 0.261 e. The van der Waals surface area contributed by atoms with Gasteiger partial charge in [-0.1, -0.05) is 6.07 Å². The third-order valence-electron chi connectivity index (χ3n) is 2.00. The first-order chi connectivity index (χ1) is 8.22. The Hall–Kier alpha value is -1.27. The average molecular weight is 246 g/mol. The lowest BCUT2D eigenvalue weighted by Gasteiger charge is -2.06. The standard InChI is InChI=1S/C11H16F2N2O2/c1-16-11-3-2-9(7-15-11)6-14-4-5-17-8-10(12)13/h2-3,7,10,14H,4-6,8H2,1H3. The van der Waals surface area contributed by atoms with Gasteiger partial charge >= 0.3 is 0 Å². The molecular weight excluding hydrogens is 230 g/mol. The van der Waals surface area contributed by atoms with Gasteiger partial charge < -0.3 is 14.8 Å². The highest BCUT2D eigenvalue weighted by atomic mass is 19.3. The fraction of sp³-hybridized carbons (Fsp3) is 0.545. The molecule has 0 radical (unpaired) electrons. The van der Waals surface area contributed by atoms with E-state index in [9.17, 15) is 8.78 Å². The van der Waals surface area contributed by atoms with Crippen molar-refractivity contribution in [2.75, 3.05) is 26.9 Å². The van der Waals surface area contributed by atoms with Crippen molar-refractivity contribution in [2.24, 2.45) is 0 Å². The van der Waals surface area contributed by atoms with Gasteiger partial charge in [0.05, 0.1) is 13.7 Å². The van der Waals surface area contributed by atoms with Crippen molar-refractivity contribution in [1.82, 2.24) is 10.3 Å². The molecule has 0 aromatic carbocycles. The van der Waals surface area contributed by atoms with E-state index in [4.69, 9.17) is 9.47 Å². The minimum Gasteiger partial charge on any atom is -0.481 e. The first-order valence-corrected chi connectivity index (χ1v) is 5.28. The number of pyridine rings is 1. The van der Waals surface area contributed by atoms with E-state index in [1.54, 1.807) is 19.4 Å². The highest BCUT2D eigenvalue weighted by molar-refractivity contribution is 5.17. The molecule has 0 atom stereocenters. The highest BCUT2D eigenvalue weighted by Gasteiger charge is 2.00. The minimum absolute atomic E-state index is 0.272. The van der Waals surface area contributed by atoms with Gasteiger partial charge in [0.1, 0.15) is 6.61 Å². The number of halogens is 2. The molecule has 0 aliphatic rings. The van der Waals surface area contributed by atoms with Gasteiger partial charge in [0, 0.05) is 25.4 Å². The van der Waals surface area contributed by atoms with Crippen LogP contribution in [0.25, 0.3) is 0 Å². The zero-order valence-corrected chi connectivity index (χ0v) is 9.66. The zero-order valence-electron chi connectivity index (χ0n) is 9.66. The molecule has 0 unspecified atom stereocenters. The topological polar surface area (TPSA) is 43.4 Å². The molecule has 4 nitrogen and oxygen atoms in total. The Labute approximate surface area is 98.9 Å². The second-order valence-electron chi connectivity index (χ2n) is 3.35. The highest BCUT2D eigenvalue weighted by Crippen LogP contribution is 2.05. The molecule has 6 heteroatoms. The van der Waals surface area contributed by atoms with Crippen LogP contribution in [0.5, 0.6) is 5.88 Å². The molecule has 1 heterocycles. The van der Waals surface area contributed by atoms with Crippen molar-refractivity contribution in [3.63, 3.8) is 0 Å². The number of nitrogens with zero attached hydrogens (tertiary/aromatic N) is 1. The molecule has 0 saturated heterocycles. The normalized spacial score (nSPS) is 10.8. The minimum atomic E-state index is -2.40. The predicted molar refractivity (Wildman–Crippen MR) is 59.3 cm³/mol. The van der Waals surface area contributed by atoms with Crippen LogP contribution in [-0.4, -0.2) is 38.3 Å². The summed E-state index contributed by atoms with van der Waals surface area (Å²) in [5, 5.41) is 3.06. The van der Waals surface area contributed by atoms with Crippen LogP contribution in [0.2, 0.25) is 0 Å². The molecular formula is C11H16F2N2O2.